The van der Waals surface area contributed by atoms with Gasteiger partial charge < -0.3 is 20.2 Å². The van der Waals surface area contributed by atoms with E-state index in [9.17, 15) is 49.3 Å². The molecule has 1 unspecified atom stereocenters. The number of hydrogen-bond donors (Lipinski definition) is 4. The number of benzene rings is 1. The first-order valence-corrected chi connectivity index (χ1v) is 13.9. The van der Waals surface area contributed by atoms with Crippen LogP contribution in [0.2, 0.25) is 0 Å². The Balaban J connectivity index is 2.18. The van der Waals surface area contributed by atoms with E-state index >= 15 is 0 Å². The molecule has 1 aromatic carbocycles. The fraction of sp³-hybridized carbons (Fsp3) is 0.591. The summed E-state index contributed by atoms with van der Waals surface area (Å²) < 4.78 is 13.1. The van der Waals surface area contributed by atoms with Gasteiger partial charge in [0.25, 0.3) is 5.69 Å². The lowest BCUT2D eigenvalue weighted by molar-refractivity contribution is -0.384. The molecule has 1 aliphatic heterocycles. The van der Waals surface area contributed by atoms with Crippen LogP contribution in [0.3, 0.4) is 0 Å². The van der Waals surface area contributed by atoms with Crippen LogP contribution in [0, 0.1) is 10.1 Å². The summed E-state index contributed by atoms with van der Waals surface area (Å²) in [4.78, 5) is 61.6. The van der Waals surface area contributed by atoms with Crippen LogP contribution in [0.4, 0.5) is 5.69 Å². The molecule has 16 heteroatoms. The van der Waals surface area contributed by atoms with Crippen molar-refractivity contribution in [2.45, 2.75) is 6.16 Å². The van der Waals surface area contributed by atoms with E-state index in [0.717, 1.165) is 0 Å². The molecule has 1 saturated heterocycles. The third-order valence-electron chi connectivity index (χ3n) is 6.00. The van der Waals surface area contributed by atoms with Crippen molar-refractivity contribution < 1.29 is 44.1 Å². The highest BCUT2D eigenvalue weighted by Crippen LogP contribution is 2.45. The van der Waals surface area contributed by atoms with E-state index in [0.29, 0.717) is 5.56 Å². The van der Waals surface area contributed by atoms with Gasteiger partial charge in [0.1, 0.15) is 0 Å². The Labute approximate surface area is 219 Å². The molecule has 0 saturated carbocycles. The number of hydrogen-bond acceptors (Lipinski definition) is 10. The molecule has 0 aromatic heterocycles. The van der Waals surface area contributed by atoms with Gasteiger partial charge in [-0.1, -0.05) is 12.1 Å². The molecule has 15 nitrogen and oxygen atoms in total. The minimum atomic E-state index is -3.81. The third kappa shape index (κ3) is 12.1. The van der Waals surface area contributed by atoms with Crippen molar-refractivity contribution in [3.8, 4) is 0 Å². The van der Waals surface area contributed by atoms with E-state index in [-0.39, 0.29) is 90.1 Å². The highest BCUT2D eigenvalue weighted by Gasteiger charge is 2.26. The number of nitrogens with zero attached hydrogens (tertiary/aromatic N) is 5. The maximum Gasteiger partial charge on any atom is 0.317 e. The van der Waals surface area contributed by atoms with E-state index in [1.54, 1.807) is 19.6 Å². The largest absolute Gasteiger partial charge is 0.480 e. The van der Waals surface area contributed by atoms with Crippen LogP contribution in [-0.4, -0.2) is 141 Å². The second-order valence-corrected chi connectivity index (χ2v) is 11.5. The Morgan fingerprint density at radius 3 is 1.39 bits per heavy atom. The van der Waals surface area contributed by atoms with Crippen molar-refractivity contribution in [1.29, 1.82) is 0 Å². The molecule has 0 aliphatic carbocycles. The van der Waals surface area contributed by atoms with Crippen molar-refractivity contribution in [1.82, 2.24) is 19.6 Å². The lowest BCUT2D eigenvalue weighted by Crippen LogP contribution is -2.48. The maximum absolute atomic E-state index is 13.1. The van der Waals surface area contributed by atoms with E-state index in [2.05, 4.69) is 0 Å². The molecule has 4 N–H and O–H groups in total. The summed E-state index contributed by atoms with van der Waals surface area (Å²) in [6, 6.07) is 5.35. The van der Waals surface area contributed by atoms with Crippen molar-refractivity contribution >= 4 is 31.0 Å². The van der Waals surface area contributed by atoms with Gasteiger partial charge in [0, 0.05) is 64.5 Å². The summed E-state index contributed by atoms with van der Waals surface area (Å²) in [5.74, 6) is -3.18. The summed E-state index contributed by atoms with van der Waals surface area (Å²) >= 11 is 0. The van der Waals surface area contributed by atoms with Crippen LogP contribution in [0.5, 0.6) is 0 Å². The summed E-state index contributed by atoms with van der Waals surface area (Å²) in [7, 11) is -3.81. The van der Waals surface area contributed by atoms with Crippen molar-refractivity contribution in [3.05, 3.63) is 39.9 Å². The second kappa shape index (κ2) is 14.9. The standard InChI is InChI=1S/C22H34N5O10P/c28-20(29)13-23-5-7-24(14-21(30)31)9-11-26(12-10-25(8-6-23)15-22(32)33)17-38(36,37)16-18-1-3-19(4-2-18)27(34)35/h1-4H,5-17H2,(H,28,29)(H,30,31)(H,32,33)(H,36,37). The van der Waals surface area contributed by atoms with Gasteiger partial charge in [-0.15, -0.1) is 0 Å². The smallest absolute Gasteiger partial charge is 0.317 e. The quantitative estimate of drug-likeness (QED) is 0.157. The van der Waals surface area contributed by atoms with Crippen molar-refractivity contribution in [2.24, 2.45) is 0 Å². The Morgan fingerprint density at radius 2 is 1.08 bits per heavy atom. The molecule has 0 radical (unpaired) electrons. The minimum absolute atomic E-state index is 0.136. The normalized spacial score (nSPS) is 19.1. The molecular weight excluding hydrogens is 525 g/mol. The molecule has 1 atom stereocenters. The molecule has 212 valence electrons. The third-order valence-corrected chi connectivity index (χ3v) is 7.71. The fourth-order valence-corrected chi connectivity index (χ4v) is 5.93. The summed E-state index contributed by atoms with van der Waals surface area (Å²) in [6.45, 7) is 1.02. The highest BCUT2D eigenvalue weighted by molar-refractivity contribution is 7.57. The zero-order valence-corrected chi connectivity index (χ0v) is 21.8. The van der Waals surface area contributed by atoms with Gasteiger partial charge >= 0.3 is 17.9 Å². The lowest BCUT2D eigenvalue weighted by atomic mass is 10.2. The number of carboxylic acids is 3. The van der Waals surface area contributed by atoms with Gasteiger partial charge in [0.2, 0.25) is 7.37 Å². The Bertz CT molecular complexity index is 992. The number of nitro benzene ring substituents is 1. The first-order chi connectivity index (χ1) is 17.8. The van der Waals surface area contributed by atoms with Gasteiger partial charge in [0.05, 0.1) is 37.0 Å². The number of rotatable bonds is 11. The van der Waals surface area contributed by atoms with E-state index < -0.39 is 30.2 Å². The summed E-state index contributed by atoms with van der Waals surface area (Å²) in [5.41, 5.74) is 0.317. The minimum Gasteiger partial charge on any atom is -0.480 e. The van der Waals surface area contributed by atoms with Gasteiger partial charge in [-0.05, 0) is 5.56 Å². The van der Waals surface area contributed by atoms with Gasteiger partial charge in [-0.25, -0.2) is 0 Å². The predicted octanol–water partition coefficient (Wildman–Crippen LogP) is -0.202. The van der Waals surface area contributed by atoms with Gasteiger partial charge in [-0.2, -0.15) is 0 Å². The molecule has 0 spiro atoms. The molecule has 1 aliphatic rings. The molecule has 1 aromatic rings. The van der Waals surface area contributed by atoms with Crippen LogP contribution in [0.25, 0.3) is 0 Å². The molecule has 1 fully saturated rings. The average Bonchev–Trinajstić information content (AvgIpc) is 2.79. The zero-order valence-electron chi connectivity index (χ0n) is 20.9. The molecule has 2 rings (SSSR count). The van der Waals surface area contributed by atoms with E-state index in [4.69, 9.17) is 0 Å². The van der Waals surface area contributed by atoms with Crippen molar-refractivity contribution in [2.75, 3.05) is 78.3 Å². The van der Waals surface area contributed by atoms with Crippen LogP contribution < -0.4 is 0 Å². The van der Waals surface area contributed by atoms with Gasteiger partial charge in [0.15, 0.2) is 0 Å². The summed E-state index contributed by atoms with van der Waals surface area (Å²) in [6.07, 6.45) is -0.458. The fourth-order valence-electron chi connectivity index (χ4n) is 4.14. The number of carboxylic acid groups (broad SMARTS) is 3. The number of nitro groups is 1. The number of non-ortho nitro benzene ring substituents is 1. The molecule has 0 bridgehead atoms. The molecule has 0 amide bonds. The Kier molecular flexibility index (Phi) is 12.2. The lowest BCUT2D eigenvalue weighted by Gasteiger charge is -2.33. The van der Waals surface area contributed by atoms with Crippen LogP contribution in [-0.2, 0) is 25.1 Å². The SMILES string of the molecule is O=C(O)CN1CCN(CC(=O)O)CCN(CP(=O)(O)Cc2ccc([N+](=O)[O-])cc2)CCN(CC(=O)O)CC1. The van der Waals surface area contributed by atoms with Crippen molar-refractivity contribution in [3.63, 3.8) is 0 Å². The molecule has 38 heavy (non-hydrogen) atoms. The zero-order chi connectivity index (χ0) is 28.3. The first kappa shape index (κ1) is 31.3. The average molecular weight is 560 g/mol. The molecular formula is C22H34N5O10P. The van der Waals surface area contributed by atoms with Crippen LogP contribution >= 0.6 is 7.37 Å². The number of carbonyl (C=O) groups is 3. The first-order valence-electron chi connectivity index (χ1n) is 11.9. The Hall–Kier alpha value is -2.94. The summed E-state index contributed by atoms with van der Waals surface area (Å²) in [5, 5.41) is 38.7. The van der Waals surface area contributed by atoms with Crippen LogP contribution in [0.15, 0.2) is 24.3 Å². The number of aliphatic carboxylic acids is 3. The monoisotopic (exact) mass is 559 g/mol. The second-order valence-electron chi connectivity index (χ2n) is 9.20. The van der Waals surface area contributed by atoms with Crippen LogP contribution in [0.1, 0.15) is 5.56 Å². The topological polar surface area (TPSA) is 205 Å². The maximum atomic E-state index is 13.1. The van der Waals surface area contributed by atoms with E-state index in [1.165, 1.54) is 24.3 Å². The van der Waals surface area contributed by atoms with E-state index in [1.807, 2.05) is 0 Å². The van der Waals surface area contributed by atoms with Gasteiger partial charge in [-0.3, -0.25) is 48.7 Å². The molecule has 1 heterocycles. The highest BCUT2D eigenvalue weighted by atomic mass is 31.2. The predicted molar refractivity (Wildman–Crippen MR) is 135 cm³/mol. The Morgan fingerprint density at radius 1 is 0.737 bits per heavy atom.